The van der Waals surface area contributed by atoms with E-state index < -0.39 is 0 Å². The molecule has 0 bridgehead atoms. The average molecular weight is 206 g/mol. The van der Waals surface area contributed by atoms with E-state index in [-0.39, 0.29) is 5.75 Å². The van der Waals surface area contributed by atoms with E-state index in [0.29, 0.717) is 5.02 Å². The Kier molecular flexibility index (Phi) is 2.37. The SMILES string of the molecule is Oc1ccccc1-c1ccncc1Cl. The highest BCUT2D eigenvalue weighted by molar-refractivity contribution is 6.33. The number of aromatic hydroxyl groups is 1. The van der Waals surface area contributed by atoms with Gasteiger partial charge in [0.15, 0.2) is 0 Å². The van der Waals surface area contributed by atoms with Crippen LogP contribution in [0.2, 0.25) is 5.02 Å². The molecule has 70 valence electrons. The first kappa shape index (κ1) is 9.03. The zero-order chi connectivity index (χ0) is 9.97. The molecule has 2 rings (SSSR count). The number of hydrogen-bond acceptors (Lipinski definition) is 2. The van der Waals surface area contributed by atoms with Crippen LogP contribution in [0.3, 0.4) is 0 Å². The Morgan fingerprint density at radius 3 is 2.57 bits per heavy atom. The van der Waals surface area contributed by atoms with Gasteiger partial charge in [0, 0.05) is 23.5 Å². The van der Waals surface area contributed by atoms with Crippen LogP contribution < -0.4 is 0 Å². The van der Waals surface area contributed by atoms with Gasteiger partial charge in [-0.3, -0.25) is 4.98 Å². The zero-order valence-corrected chi connectivity index (χ0v) is 8.07. The molecule has 0 unspecified atom stereocenters. The summed E-state index contributed by atoms with van der Waals surface area (Å²) in [5.41, 5.74) is 1.51. The number of para-hydroxylation sites is 1. The second-order valence-corrected chi connectivity index (χ2v) is 3.28. The molecule has 0 saturated heterocycles. The van der Waals surface area contributed by atoms with Crippen molar-refractivity contribution in [3.63, 3.8) is 0 Å². The van der Waals surface area contributed by atoms with Crippen molar-refractivity contribution in [2.24, 2.45) is 0 Å². The van der Waals surface area contributed by atoms with Crippen molar-refractivity contribution in [3.8, 4) is 16.9 Å². The van der Waals surface area contributed by atoms with Gasteiger partial charge in [-0.1, -0.05) is 29.8 Å². The minimum absolute atomic E-state index is 0.223. The Hall–Kier alpha value is -1.54. The molecule has 0 aliphatic rings. The molecule has 0 saturated carbocycles. The molecule has 0 atom stereocenters. The summed E-state index contributed by atoms with van der Waals surface area (Å²) in [5, 5.41) is 10.1. The van der Waals surface area contributed by atoms with Crippen molar-refractivity contribution in [2.75, 3.05) is 0 Å². The van der Waals surface area contributed by atoms with Crippen LogP contribution >= 0.6 is 11.6 Å². The Balaban J connectivity index is 2.61. The standard InChI is InChI=1S/C11H8ClNO/c12-10-7-13-6-5-8(10)9-3-1-2-4-11(9)14/h1-7,14H. The topological polar surface area (TPSA) is 33.1 Å². The Bertz CT molecular complexity index is 413. The van der Waals surface area contributed by atoms with Crippen LogP contribution in [0.15, 0.2) is 42.7 Å². The summed E-state index contributed by atoms with van der Waals surface area (Å²) in [6.07, 6.45) is 3.21. The summed E-state index contributed by atoms with van der Waals surface area (Å²) in [4.78, 5) is 3.89. The van der Waals surface area contributed by atoms with Crippen LogP contribution in [0.4, 0.5) is 0 Å². The highest BCUT2D eigenvalue weighted by atomic mass is 35.5. The quantitative estimate of drug-likeness (QED) is 0.776. The predicted octanol–water partition coefficient (Wildman–Crippen LogP) is 3.11. The lowest BCUT2D eigenvalue weighted by Crippen LogP contribution is -1.81. The van der Waals surface area contributed by atoms with Crippen LogP contribution in [0.5, 0.6) is 5.75 Å². The van der Waals surface area contributed by atoms with E-state index in [0.717, 1.165) is 11.1 Å². The van der Waals surface area contributed by atoms with Crippen molar-refractivity contribution in [2.45, 2.75) is 0 Å². The maximum atomic E-state index is 9.61. The normalized spacial score (nSPS) is 10.1. The molecule has 14 heavy (non-hydrogen) atoms. The third-order valence-electron chi connectivity index (χ3n) is 1.97. The lowest BCUT2D eigenvalue weighted by Gasteiger charge is -2.05. The minimum atomic E-state index is 0.223. The summed E-state index contributed by atoms with van der Waals surface area (Å²) >= 11 is 5.96. The largest absolute Gasteiger partial charge is 0.507 e. The van der Waals surface area contributed by atoms with Crippen LogP contribution in [0.1, 0.15) is 0 Å². The van der Waals surface area contributed by atoms with Gasteiger partial charge < -0.3 is 5.11 Å². The molecule has 0 amide bonds. The van der Waals surface area contributed by atoms with Gasteiger partial charge in [0.1, 0.15) is 5.75 Å². The van der Waals surface area contributed by atoms with Crippen molar-refractivity contribution >= 4 is 11.6 Å². The highest BCUT2D eigenvalue weighted by Gasteiger charge is 2.06. The van der Waals surface area contributed by atoms with Crippen molar-refractivity contribution < 1.29 is 5.11 Å². The fourth-order valence-electron chi connectivity index (χ4n) is 1.30. The summed E-state index contributed by atoms with van der Waals surface area (Å²) in [5.74, 6) is 0.223. The molecule has 2 nitrogen and oxygen atoms in total. The van der Waals surface area contributed by atoms with Gasteiger partial charge in [0.2, 0.25) is 0 Å². The lowest BCUT2D eigenvalue weighted by atomic mass is 10.1. The fourth-order valence-corrected chi connectivity index (χ4v) is 1.52. The Labute approximate surface area is 86.8 Å². The van der Waals surface area contributed by atoms with Crippen LogP contribution in [-0.2, 0) is 0 Å². The third-order valence-corrected chi connectivity index (χ3v) is 2.27. The molecule has 3 heteroatoms. The molecule has 0 radical (unpaired) electrons. The number of pyridine rings is 1. The highest BCUT2D eigenvalue weighted by Crippen LogP contribution is 2.32. The van der Waals surface area contributed by atoms with Crippen molar-refractivity contribution in [1.29, 1.82) is 0 Å². The molecule has 1 aromatic carbocycles. The molecule has 0 spiro atoms. The minimum Gasteiger partial charge on any atom is -0.507 e. The van der Waals surface area contributed by atoms with E-state index in [1.165, 1.54) is 0 Å². The first-order valence-corrected chi connectivity index (χ1v) is 4.54. The summed E-state index contributed by atoms with van der Waals surface area (Å²) in [7, 11) is 0. The molecule has 2 aromatic rings. The maximum Gasteiger partial charge on any atom is 0.123 e. The fraction of sp³-hybridized carbons (Fsp3) is 0. The number of phenols is 1. The molecule has 0 aliphatic heterocycles. The molecule has 0 fully saturated rings. The number of aromatic nitrogens is 1. The average Bonchev–Trinajstić information content (AvgIpc) is 2.20. The van der Waals surface area contributed by atoms with E-state index in [9.17, 15) is 5.11 Å². The van der Waals surface area contributed by atoms with Gasteiger partial charge >= 0.3 is 0 Å². The molecule has 1 aromatic heterocycles. The van der Waals surface area contributed by atoms with E-state index in [1.807, 2.05) is 12.1 Å². The van der Waals surface area contributed by atoms with Crippen LogP contribution in [0.25, 0.3) is 11.1 Å². The van der Waals surface area contributed by atoms with Gasteiger partial charge in [-0.2, -0.15) is 0 Å². The number of rotatable bonds is 1. The van der Waals surface area contributed by atoms with E-state index >= 15 is 0 Å². The zero-order valence-electron chi connectivity index (χ0n) is 7.31. The van der Waals surface area contributed by atoms with Crippen LogP contribution in [0, 0.1) is 0 Å². The number of nitrogens with zero attached hydrogens (tertiary/aromatic N) is 1. The number of hydrogen-bond donors (Lipinski definition) is 1. The van der Waals surface area contributed by atoms with Gasteiger partial charge in [0.25, 0.3) is 0 Å². The van der Waals surface area contributed by atoms with Gasteiger partial charge in [-0.05, 0) is 12.1 Å². The maximum absolute atomic E-state index is 9.61. The molecule has 1 N–H and O–H groups in total. The Morgan fingerprint density at radius 2 is 1.86 bits per heavy atom. The number of halogens is 1. The number of phenolic OH excluding ortho intramolecular Hbond substituents is 1. The predicted molar refractivity (Wildman–Crippen MR) is 56.3 cm³/mol. The first-order valence-electron chi connectivity index (χ1n) is 4.17. The van der Waals surface area contributed by atoms with Crippen molar-refractivity contribution in [1.82, 2.24) is 4.98 Å². The van der Waals surface area contributed by atoms with Gasteiger partial charge in [-0.25, -0.2) is 0 Å². The second kappa shape index (κ2) is 3.68. The van der Waals surface area contributed by atoms with Crippen LogP contribution in [-0.4, -0.2) is 10.1 Å². The summed E-state index contributed by atoms with van der Waals surface area (Å²) in [6.45, 7) is 0. The molecule has 1 heterocycles. The monoisotopic (exact) mass is 205 g/mol. The Morgan fingerprint density at radius 1 is 1.07 bits per heavy atom. The third kappa shape index (κ3) is 1.56. The first-order chi connectivity index (χ1) is 6.79. The van der Waals surface area contributed by atoms with E-state index in [1.54, 1.807) is 30.6 Å². The van der Waals surface area contributed by atoms with E-state index in [2.05, 4.69) is 4.98 Å². The van der Waals surface area contributed by atoms with Gasteiger partial charge in [-0.15, -0.1) is 0 Å². The second-order valence-electron chi connectivity index (χ2n) is 2.87. The smallest absolute Gasteiger partial charge is 0.123 e. The molecular weight excluding hydrogens is 198 g/mol. The molecular formula is C11H8ClNO. The van der Waals surface area contributed by atoms with E-state index in [4.69, 9.17) is 11.6 Å². The summed E-state index contributed by atoms with van der Waals surface area (Å²) < 4.78 is 0. The molecule has 0 aliphatic carbocycles. The van der Waals surface area contributed by atoms with Gasteiger partial charge in [0.05, 0.1) is 5.02 Å². The number of benzene rings is 1. The van der Waals surface area contributed by atoms with Crippen molar-refractivity contribution in [3.05, 3.63) is 47.7 Å². The lowest BCUT2D eigenvalue weighted by molar-refractivity contribution is 0.477. The summed E-state index contributed by atoms with van der Waals surface area (Å²) in [6, 6.07) is 8.85.